The van der Waals surface area contributed by atoms with E-state index in [9.17, 15) is 18.8 Å². The Hall–Kier alpha value is -3.46. The van der Waals surface area contributed by atoms with E-state index in [1.165, 1.54) is 31.8 Å². The van der Waals surface area contributed by atoms with Crippen molar-refractivity contribution in [2.45, 2.75) is 45.8 Å². The van der Waals surface area contributed by atoms with Crippen molar-refractivity contribution >= 4 is 34.2 Å². The van der Waals surface area contributed by atoms with E-state index in [0.717, 1.165) is 6.42 Å². The lowest BCUT2D eigenvalue weighted by atomic mass is 10.2. The fourth-order valence-corrected chi connectivity index (χ4v) is 3.87. The van der Waals surface area contributed by atoms with Gasteiger partial charge < -0.3 is 5.32 Å². The molecule has 0 saturated carbocycles. The Morgan fingerprint density at radius 1 is 1.21 bits per heavy atom. The maximum absolute atomic E-state index is 13.4. The molecule has 4 aromatic rings. The van der Waals surface area contributed by atoms with E-state index in [4.69, 9.17) is 11.6 Å². The number of aryl methyl sites for hydroxylation is 1. The molecule has 10 heteroatoms. The highest BCUT2D eigenvalue weighted by Gasteiger charge is 2.19. The summed E-state index contributed by atoms with van der Waals surface area (Å²) in [7, 11) is 0. The van der Waals surface area contributed by atoms with Crippen LogP contribution in [0.3, 0.4) is 0 Å². The highest BCUT2D eigenvalue weighted by molar-refractivity contribution is 6.31. The Bertz CT molecular complexity index is 1470. The van der Waals surface area contributed by atoms with Crippen LogP contribution in [0, 0.1) is 5.82 Å². The number of amides is 1. The number of hydrogen-bond acceptors (Lipinski definition) is 4. The summed E-state index contributed by atoms with van der Waals surface area (Å²) in [5, 5.41) is 7.76. The number of nitrogens with one attached hydrogen (secondary N) is 1. The third-order valence-electron chi connectivity index (χ3n) is 5.60. The van der Waals surface area contributed by atoms with Crippen LogP contribution in [0.4, 0.5) is 4.39 Å². The van der Waals surface area contributed by atoms with E-state index < -0.39 is 11.5 Å². The zero-order valence-electron chi connectivity index (χ0n) is 18.2. The molecule has 33 heavy (non-hydrogen) atoms. The molecule has 2 heterocycles. The smallest absolute Gasteiger partial charge is 0.352 e. The molecule has 1 atom stereocenters. The number of para-hydroxylation sites is 1. The van der Waals surface area contributed by atoms with Crippen molar-refractivity contribution in [1.82, 2.24) is 24.1 Å². The first-order valence-electron chi connectivity index (χ1n) is 10.6. The number of carbonyl (C=O) groups is 1. The second-order valence-electron chi connectivity index (χ2n) is 7.91. The van der Waals surface area contributed by atoms with E-state index in [0.29, 0.717) is 16.5 Å². The maximum atomic E-state index is 13.4. The van der Waals surface area contributed by atoms with E-state index in [2.05, 4.69) is 10.4 Å². The molecule has 0 spiro atoms. The summed E-state index contributed by atoms with van der Waals surface area (Å²) >= 11 is 6.13. The van der Waals surface area contributed by atoms with Crippen LogP contribution in [0.15, 0.2) is 52.1 Å². The van der Waals surface area contributed by atoms with Crippen LogP contribution in [0.5, 0.6) is 0 Å². The predicted molar refractivity (Wildman–Crippen MR) is 124 cm³/mol. The Kier molecular flexibility index (Phi) is 6.33. The van der Waals surface area contributed by atoms with Crippen LogP contribution >= 0.6 is 11.6 Å². The Labute approximate surface area is 193 Å². The third-order valence-corrected chi connectivity index (χ3v) is 5.95. The van der Waals surface area contributed by atoms with Gasteiger partial charge in [-0.25, -0.2) is 18.3 Å². The van der Waals surface area contributed by atoms with Gasteiger partial charge in [0.15, 0.2) is 0 Å². The second-order valence-corrected chi connectivity index (χ2v) is 8.32. The zero-order valence-corrected chi connectivity index (χ0v) is 19.0. The lowest BCUT2D eigenvalue weighted by Gasteiger charge is -2.12. The first-order valence-corrected chi connectivity index (χ1v) is 11.0. The quantitative estimate of drug-likeness (QED) is 0.448. The number of nitrogens with zero attached hydrogens (tertiary/aromatic N) is 4. The summed E-state index contributed by atoms with van der Waals surface area (Å²) in [5.41, 5.74) is 0.111. The first kappa shape index (κ1) is 22.7. The molecular weight excluding hydrogens is 449 g/mol. The molecule has 172 valence electrons. The van der Waals surface area contributed by atoms with Crippen LogP contribution in [-0.2, 0) is 17.9 Å². The Balaban J connectivity index is 1.82. The SMILES string of the molecule is CCC(C)NC(=O)CCn1c(=O)c2ccccc2n2c(=O)n(Cc3ccc(F)cc3Cl)nc12. The van der Waals surface area contributed by atoms with Crippen molar-refractivity contribution in [2.24, 2.45) is 0 Å². The average molecular weight is 472 g/mol. The van der Waals surface area contributed by atoms with E-state index in [-0.39, 0.29) is 47.8 Å². The Morgan fingerprint density at radius 2 is 1.97 bits per heavy atom. The molecule has 1 unspecified atom stereocenters. The summed E-state index contributed by atoms with van der Waals surface area (Å²) in [5.74, 6) is -0.553. The van der Waals surface area contributed by atoms with E-state index in [1.807, 2.05) is 13.8 Å². The van der Waals surface area contributed by atoms with Crippen LogP contribution < -0.4 is 16.6 Å². The summed E-state index contributed by atoms with van der Waals surface area (Å²) in [4.78, 5) is 38.8. The minimum atomic E-state index is -0.485. The number of halogens is 2. The van der Waals surface area contributed by atoms with Gasteiger partial charge >= 0.3 is 5.69 Å². The lowest BCUT2D eigenvalue weighted by molar-refractivity contribution is -0.121. The van der Waals surface area contributed by atoms with Gasteiger partial charge in [-0.3, -0.25) is 14.2 Å². The normalized spacial score (nSPS) is 12.4. The predicted octanol–water partition coefficient (Wildman–Crippen LogP) is 2.96. The highest BCUT2D eigenvalue weighted by atomic mass is 35.5. The highest BCUT2D eigenvalue weighted by Crippen LogP contribution is 2.18. The van der Waals surface area contributed by atoms with Gasteiger partial charge in [-0.05, 0) is 43.2 Å². The summed E-state index contributed by atoms with van der Waals surface area (Å²) in [6.45, 7) is 3.93. The Morgan fingerprint density at radius 3 is 2.70 bits per heavy atom. The lowest BCUT2D eigenvalue weighted by Crippen LogP contribution is -2.34. The molecule has 0 fully saturated rings. The summed E-state index contributed by atoms with van der Waals surface area (Å²) in [6, 6.07) is 10.7. The molecule has 0 aliphatic carbocycles. The topological polar surface area (TPSA) is 90.4 Å². The van der Waals surface area contributed by atoms with Crippen LogP contribution in [0.1, 0.15) is 32.3 Å². The second kappa shape index (κ2) is 9.19. The molecule has 2 aromatic carbocycles. The average Bonchev–Trinajstić information content (AvgIpc) is 3.11. The van der Waals surface area contributed by atoms with Crippen molar-refractivity contribution in [3.63, 3.8) is 0 Å². The van der Waals surface area contributed by atoms with Gasteiger partial charge in [0.1, 0.15) is 5.82 Å². The fraction of sp³-hybridized carbons (Fsp3) is 0.304. The molecular formula is C23H23ClFN5O3. The van der Waals surface area contributed by atoms with Crippen LogP contribution in [-0.4, -0.2) is 30.7 Å². The molecule has 1 amide bonds. The first-order chi connectivity index (χ1) is 15.8. The molecule has 1 N–H and O–H groups in total. The van der Waals surface area contributed by atoms with E-state index in [1.54, 1.807) is 24.3 Å². The van der Waals surface area contributed by atoms with Gasteiger partial charge in [0, 0.05) is 24.0 Å². The molecule has 0 bridgehead atoms. The third kappa shape index (κ3) is 4.41. The minimum absolute atomic E-state index is 0.00333. The van der Waals surface area contributed by atoms with Crippen molar-refractivity contribution in [3.8, 4) is 0 Å². The summed E-state index contributed by atoms with van der Waals surface area (Å²) < 4.78 is 17.3. The molecule has 0 aliphatic rings. The molecule has 8 nitrogen and oxygen atoms in total. The number of rotatable bonds is 7. The van der Waals surface area contributed by atoms with Gasteiger partial charge in [0.05, 0.1) is 17.4 Å². The van der Waals surface area contributed by atoms with Crippen molar-refractivity contribution in [3.05, 3.63) is 79.7 Å². The minimum Gasteiger partial charge on any atom is -0.354 e. The maximum Gasteiger partial charge on any atom is 0.352 e. The van der Waals surface area contributed by atoms with Crippen LogP contribution in [0.25, 0.3) is 16.7 Å². The monoisotopic (exact) mass is 471 g/mol. The number of fused-ring (bicyclic) bond motifs is 3. The number of carbonyl (C=O) groups excluding carboxylic acids is 1. The number of aromatic nitrogens is 4. The molecule has 0 aliphatic heterocycles. The van der Waals surface area contributed by atoms with Crippen molar-refractivity contribution in [1.29, 1.82) is 0 Å². The van der Waals surface area contributed by atoms with Gasteiger partial charge in [0.2, 0.25) is 11.7 Å². The van der Waals surface area contributed by atoms with Crippen LogP contribution in [0.2, 0.25) is 5.02 Å². The largest absolute Gasteiger partial charge is 0.354 e. The molecule has 0 saturated heterocycles. The van der Waals surface area contributed by atoms with Crippen molar-refractivity contribution in [2.75, 3.05) is 0 Å². The van der Waals surface area contributed by atoms with Crippen molar-refractivity contribution < 1.29 is 9.18 Å². The zero-order chi connectivity index (χ0) is 23.7. The van der Waals surface area contributed by atoms with E-state index >= 15 is 0 Å². The summed E-state index contributed by atoms with van der Waals surface area (Å²) in [6.07, 6.45) is 0.848. The van der Waals surface area contributed by atoms with Gasteiger partial charge in [-0.1, -0.05) is 36.7 Å². The standard InChI is InChI=1S/C23H23ClFN5O3/c1-3-14(2)26-20(31)10-11-28-21(32)17-6-4-5-7-19(17)30-22(28)27-29(23(30)33)13-15-8-9-16(25)12-18(15)24/h4-9,12,14H,3,10-11,13H2,1-2H3,(H,26,31). The molecule has 4 rings (SSSR count). The molecule has 2 aromatic heterocycles. The van der Waals surface area contributed by atoms with Gasteiger partial charge in [-0.2, -0.15) is 0 Å². The fourth-order valence-electron chi connectivity index (χ4n) is 3.65. The van der Waals surface area contributed by atoms with Gasteiger partial charge in [0.25, 0.3) is 5.56 Å². The molecule has 0 radical (unpaired) electrons. The number of benzene rings is 2. The number of hydrogen-bond donors (Lipinski definition) is 1. The van der Waals surface area contributed by atoms with Gasteiger partial charge in [-0.15, -0.1) is 5.10 Å².